The molecule has 0 N–H and O–H groups in total. The predicted molar refractivity (Wildman–Crippen MR) is 108 cm³/mol. The molecular formula is C19H19N5O3S. The Morgan fingerprint density at radius 3 is 2.71 bits per heavy atom. The molecule has 0 atom stereocenters. The largest absolute Gasteiger partial charge is 0.352 e. The summed E-state index contributed by atoms with van der Waals surface area (Å²) in [4.78, 5) is 38.2. The number of amides is 1. The standard InChI is InChI=1S/C19H19N5O3S/c1-2-15-11-16-17(20-12-21-18(16)28-15)22-6-8-23(9-7-22)19(25)13-4-3-5-14(10-13)24(26)27/h3-5,10-12H,2,6-9H2,1H3. The van der Waals surface area contributed by atoms with Crippen molar-refractivity contribution < 1.29 is 9.72 Å². The molecule has 0 unspecified atom stereocenters. The molecule has 1 aliphatic rings. The van der Waals surface area contributed by atoms with E-state index in [4.69, 9.17) is 0 Å². The van der Waals surface area contributed by atoms with Gasteiger partial charge in [-0.05, 0) is 18.6 Å². The normalized spacial score (nSPS) is 14.5. The van der Waals surface area contributed by atoms with Crippen LogP contribution in [0.5, 0.6) is 0 Å². The van der Waals surface area contributed by atoms with Crippen LogP contribution in [0.3, 0.4) is 0 Å². The van der Waals surface area contributed by atoms with Gasteiger partial charge in [0.25, 0.3) is 11.6 Å². The SMILES string of the molecule is CCc1cc2c(N3CCN(C(=O)c4cccc([N+](=O)[O-])c4)CC3)ncnc2s1. The van der Waals surface area contributed by atoms with E-state index in [1.165, 1.54) is 17.0 Å². The molecule has 8 nitrogen and oxygen atoms in total. The minimum Gasteiger partial charge on any atom is -0.352 e. The quantitative estimate of drug-likeness (QED) is 0.496. The first-order valence-corrected chi connectivity index (χ1v) is 9.90. The smallest absolute Gasteiger partial charge is 0.270 e. The summed E-state index contributed by atoms with van der Waals surface area (Å²) in [5, 5.41) is 12.0. The van der Waals surface area contributed by atoms with E-state index >= 15 is 0 Å². The van der Waals surface area contributed by atoms with Crippen LogP contribution in [0, 0.1) is 10.1 Å². The Balaban J connectivity index is 1.49. The Morgan fingerprint density at radius 1 is 1.21 bits per heavy atom. The fourth-order valence-electron chi connectivity index (χ4n) is 3.38. The van der Waals surface area contributed by atoms with E-state index in [0.29, 0.717) is 31.7 Å². The van der Waals surface area contributed by atoms with E-state index in [-0.39, 0.29) is 11.6 Å². The van der Waals surface area contributed by atoms with Gasteiger partial charge in [0, 0.05) is 48.8 Å². The van der Waals surface area contributed by atoms with Gasteiger partial charge in [0.1, 0.15) is 17.0 Å². The number of nitro groups is 1. The number of nitro benzene ring substituents is 1. The van der Waals surface area contributed by atoms with Crippen LogP contribution in [-0.4, -0.2) is 51.9 Å². The summed E-state index contributed by atoms with van der Waals surface area (Å²) in [5.41, 5.74) is 0.273. The van der Waals surface area contributed by atoms with E-state index in [1.54, 1.807) is 34.7 Å². The summed E-state index contributed by atoms with van der Waals surface area (Å²) in [5.74, 6) is 0.725. The topological polar surface area (TPSA) is 92.5 Å². The number of anilines is 1. The first-order valence-electron chi connectivity index (χ1n) is 9.09. The van der Waals surface area contributed by atoms with Gasteiger partial charge in [0.05, 0.1) is 10.3 Å². The third kappa shape index (κ3) is 3.40. The molecule has 3 heterocycles. The third-order valence-electron chi connectivity index (χ3n) is 4.88. The maximum absolute atomic E-state index is 12.7. The van der Waals surface area contributed by atoms with Gasteiger partial charge in [-0.2, -0.15) is 0 Å². The number of fused-ring (bicyclic) bond motifs is 1. The molecule has 9 heteroatoms. The molecule has 2 aromatic heterocycles. The summed E-state index contributed by atoms with van der Waals surface area (Å²) >= 11 is 1.68. The van der Waals surface area contributed by atoms with E-state index in [0.717, 1.165) is 22.5 Å². The Bertz CT molecular complexity index is 1040. The van der Waals surface area contributed by atoms with Gasteiger partial charge < -0.3 is 9.80 Å². The van der Waals surface area contributed by atoms with Crippen molar-refractivity contribution in [2.75, 3.05) is 31.1 Å². The number of hydrogen-bond acceptors (Lipinski definition) is 7. The molecule has 1 aliphatic heterocycles. The number of rotatable bonds is 4. The van der Waals surface area contributed by atoms with E-state index in [2.05, 4.69) is 27.9 Å². The van der Waals surface area contributed by atoms with Crippen molar-refractivity contribution in [1.29, 1.82) is 0 Å². The molecule has 1 saturated heterocycles. The average molecular weight is 397 g/mol. The molecule has 0 aliphatic carbocycles. The Labute approximate surface area is 165 Å². The van der Waals surface area contributed by atoms with Crippen molar-refractivity contribution in [2.24, 2.45) is 0 Å². The van der Waals surface area contributed by atoms with Crippen LogP contribution in [0.4, 0.5) is 11.5 Å². The highest BCUT2D eigenvalue weighted by atomic mass is 32.1. The summed E-state index contributed by atoms with van der Waals surface area (Å²) in [6.45, 7) is 4.51. The van der Waals surface area contributed by atoms with Gasteiger partial charge in [-0.3, -0.25) is 14.9 Å². The summed E-state index contributed by atoms with van der Waals surface area (Å²) in [6.07, 6.45) is 2.56. The van der Waals surface area contributed by atoms with Gasteiger partial charge in [0.15, 0.2) is 0 Å². The molecule has 1 aromatic carbocycles. The number of aromatic nitrogens is 2. The lowest BCUT2D eigenvalue weighted by molar-refractivity contribution is -0.384. The molecule has 0 spiro atoms. The van der Waals surface area contributed by atoms with Gasteiger partial charge in [-0.15, -0.1) is 11.3 Å². The van der Waals surface area contributed by atoms with Crippen molar-refractivity contribution in [3.63, 3.8) is 0 Å². The number of hydrogen-bond donors (Lipinski definition) is 0. The number of benzene rings is 1. The number of non-ortho nitro benzene ring substituents is 1. The number of piperazine rings is 1. The number of carbonyl (C=O) groups is 1. The zero-order valence-corrected chi connectivity index (χ0v) is 16.2. The number of aryl methyl sites for hydroxylation is 1. The lowest BCUT2D eigenvalue weighted by Gasteiger charge is -2.35. The number of carbonyl (C=O) groups excluding carboxylic acids is 1. The molecule has 28 heavy (non-hydrogen) atoms. The van der Waals surface area contributed by atoms with Crippen LogP contribution in [0.25, 0.3) is 10.2 Å². The van der Waals surface area contributed by atoms with Crippen molar-refractivity contribution in [3.05, 3.63) is 57.2 Å². The van der Waals surface area contributed by atoms with Crippen LogP contribution in [0.15, 0.2) is 36.7 Å². The number of nitrogens with zero attached hydrogens (tertiary/aromatic N) is 5. The average Bonchev–Trinajstić information content (AvgIpc) is 3.17. The zero-order valence-electron chi connectivity index (χ0n) is 15.4. The Hall–Kier alpha value is -3.07. The summed E-state index contributed by atoms with van der Waals surface area (Å²) < 4.78 is 0. The molecule has 1 fully saturated rings. The van der Waals surface area contributed by atoms with E-state index in [9.17, 15) is 14.9 Å². The molecule has 0 radical (unpaired) electrons. The fourth-order valence-corrected chi connectivity index (χ4v) is 4.31. The van der Waals surface area contributed by atoms with E-state index in [1.807, 2.05) is 0 Å². The summed E-state index contributed by atoms with van der Waals surface area (Å²) in [6, 6.07) is 8.03. The molecule has 1 amide bonds. The molecular weight excluding hydrogens is 378 g/mol. The first kappa shape index (κ1) is 18.3. The van der Waals surface area contributed by atoms with Crippen LogP contribution in [0.2, 0.25) is 0 Å². The lowest BCUT2D eigenvalue weighted by atomic mass is 10.1. The highest BCUT2D eigenvalue weighted by Gasteiger charge is 2.25. The first-order chi connectivity index (χ1) is 13.6. The minimum atomic E-state index is -0.486. The van der Waals surface area contributed by atoms with E-state index < -0.39 is 4.92 Å². The van der Waals surface area contributed by atoms with Crippen molar-refractivity contribution in [2.45, 2.75) is 13.3 Å². The van der Waals surface area contributed by atoms with Crippen molar-refractivity contribution in [1.82, 2.24) is 14.9 Å². The molecule has 4 rings (SSSR count). The van der Waals surface area contributed by atoms with Gasteiger partial charge in [-0.25, -0.2) is 9.97 Å². The van der Waals surface area contributed by atoms with Gasteiger partial charge >= 0.3 is 0 Å². The lowest BCUT2D eigenvalue weighted by Crippen LogP contribution is -2.49. The highest BCUT2D eigenvalue weighted by molar-refractivity contribution is 7.18. The predicted octanol–water partition coefficient (Wildman–Crippen LogP) is 3.12. The maximum atomic E-state index is 12.7. The second-order valence-corrected chi connectivity index (χ2v) is 7.68. The maximum Gasteiger partial charge on any atom is 0.270 e. The van der Waals surface area contributed by atoms with Crippen molar-refractivity contribution >= 4 is 39.0 Å². The fraction of sp³-hybridized carbons (Fsp3) is 0.316. The van der Waals surface area contributed by atoms with Crippen LogP contribution in [0.1, 0.15) is 22.2 Å². The second kappa shape index (κ2) is 7.51. The van der Waals surface area contributed by atoms with Crippen LogP contribution >= 0.6 is 11.3 Å². The summed E-state index contributed by atoms with van der Waals surface area (Å²) in [7, 11) is 0. The van der Waals surface area contributed by atoms with Crippen molar-refractivity contribution in [3.8, 4) is 0 Å². The zero-order chi connectivity index (χ0) is 19.7. The van der Waals surface area contributed by atoms with Crippen LogP contribution in [-0.2, 0) is 6.42 Å². The molecule has 0 bridgehead atoms. The number of thiophene rings is 1. The van der Waals surface area contributed by atoms with Gasteiger partial charge in [-0.1, -0.05) is 13.0 Å². The Kier molecular flexibility index (Phi) is 4.91. The minimum absolute atomic E-state index is 0.0722. The highest BCUT2D eigenvalue weighted by Crippen LogP contribution is 2.31. The second-order valence-electron chi connectivity index (χ2n) is 6.57. The van der Waals surface area contributed by atoms with Gasteiger partial charge in [0.2, 0.25) is 0 Å². The molecule has 144 valence electrons. The molecule has 3 aromatic rings. The Morgan fingerprint density at radius 2 is 2.00 bits per heavy atom. The monoisotopic (exact) mass is 397 g/mol. The third-order valence-corrected chi connectivity index (χ3v) is 6.07. The van der Waals surface area contributed by atoms with Crippen LogP contribution < -0.4 is 4.90 Å². The molecule has 0 saturated carbocycles.